The van der Waals surface area contributed by atoms with E-state index in [2.05, 4.69) is 13.8 Å². The minimum absolute atomic E-state index is 0.00417. The van der Waals surface area contributed by atoms with Crippen molar-refractivity contribution >= 4 is 11.8 Å². The molecular formula is C20H28N2O3. The van der Waals surface area contributed by atoms with Crippen molar-refractivity contribution in [3.05, 3.63) is 35.9 Å². The van der Waals surface area contributed by atoms with Gasteiger partial charge in [-0.2, -0.15) is 0 Å². The van der Waals surface area contributed by atoms with Crippen molar-refractivity contribution in [2.45, 2.75) is 70.8 Å². The molecule has 1 aromatic rings. The van der Waals surface area contributed by atoms with Crippen LogP contribution in [0.5, 0.6) is 0 Å². The van der Waals surface area contributed by atoms with Gasteiger partial charge in [0.25, 0.3) is 5.91 Å². The molecule has 0 aliphatic carbocycles. The number of morpholine rings is 1. The number of rotatable bonds is 3. The van der Waals surface area contributed by atoms with Crippen molar-refractivity contribution < 1.29 is 14.3 Å². The molecule has 2 aliphatic rings. The molecular weight excluding hydrogens is 316 g/mol. The molecule has 2 fully saturated rings. The van der Waals surface area contributed by atoms with Gasteiger partial charge in [0, 0.05) is 18.1 Å². The summed E-state index contributed by atoms with van der Waals surface area (Å²) in [5.74, 6) is -0.0556. The molecule has 3 rings (SSSR count). The maximum atomic E-state index is 13.3. The lowest BCUT2D eigenvalue weighted by molar-refractivity contribution is -0.173. The summed E-state index contributed by atoms with van der Waals surface area (Å²) in [5.41, 5.74) is 0.946. The third kappa shape index (κ3) is 3.30. The molecule has 136 valence electrons. The van der Waals surface area contributed by atoms with E-state index in [1.807, 2.05) is 54.0 Å². The van der Waals surface area contributed by atoms with E-state index in [1.54, 1.807) is 0 Å². The number of benzene rings is 1. The van der Waals surface area contributed by atoms with Crippen molar-refractivity contribution in [3.8, 4) is 0 Å². The van der Waals surface area contributed by atoms with E-state index < -0.39 is 6.10 Å². The second-order valence-corrected chi connectivity index (χ2v) is 7.50. The summed E-state index contributed by atoms with van der Waals surface area (Å²) < 4.78 is 5.83. The zero-order valence-electron chi connectivity index (χ0n) is 15.5. The Morgan fingerprint density at radius 2 is 1.72 bits per heavy atom. The van der Waals surface area contributed by atoms with Crippen LogP contribution in [0.1, 0.15) is 52.1 Å². The Bertz CT molecular complexity index is 621. The number of amides is 2. The molecule has 0 saturated carbocycles. The van der Waals surface area contributed by atoms with Crippen molar-refractivity contribution in [3.63, 3.8) is 0 Å². The summed E-state index contributed by atoms with van der Waals surface area (Å²) in [6.07, 6.45) is 1.38. The second-order valence-electron chi connectivity index (χ2n) is 7.50. The van der Waals surface area contributed by atoms with Crippen molar-refractivity contribution in [2.24, 2.45) is 0 Å². The second kappa shape index (κ2) is 7.16. The van der Waals surface area contributed by atoms with Crippen LogP contribution < -0.4 is 0 Å². The first-order chi connectivity index (χ1) is 11.9. The molecule has 0 aromatic heterocycles. The van der Waals surface area contributed by atoms with Crippen molar-refractivity contribution in [1.82, 2.24) is 9.80 Å². The SMILES string of the molecule is CC(C)N1C(=O)CO[C@H](C(=O)N2[C@H](C)CC[C@@H]2C)[C@H]1c1ccccc1. The number of carbonyl (C=O) groups is 2. The Balaban J connectivity index is 1.98. The number of hydrogen-bond acceptors (Lipinski definition) is 3. The van der Waals surface area contributed by atoms with Gasteiger partial charge < -0.3 is 14.5 Å². The maximum absolute atomic E-state index is 13.3. The third-order valence-electron chi connectivity index (χ3n) is 5.41. The molecule has 2 amide bonds. The van der Waals surface area contributed by atoms with E-state index in [0.717, 1.165) is 18.4 Å². The number of nitrogens with zero attached hydrogens (tertiary/aromatic N) is 2. The third-order valence-corrected chi connectivity index (χ3v) is 5.41. The smallest absolute Gasteiger partial charge is 0.254 e. The first-order valence-electron chi connectivity index (χ1n) is 9.21. The standard InChI is InChI=1S/C20H28N2O3/c1-13(2)21-17(23)12-25-19(18(21)16-8-6-5-7-9-16)20(24)22-14(3)10-11-15(22)4/h5-9,13-15,18-19H,10-12H2,1-4H3/t14-,15+,18-,19+/m1/s1. The molecule has 1 aromatic carbocycles. The van der Waals surface area contributed by atoms with Crippen LogP contribution in [-0.2, 0) is 14.3 Å². The zero-order valence-corrected chi connectivity index (χ0v) is 15.5. The van der Waals surface area contributed by atoms with Gasteiger partial charge in [0.05, 0.1) is 6.04 Å². The van der Waals surface area contributed by atoms with Gasteiger partial charge in [-0.05, 0) is 46.1 Å². The fraction of sp³-hybridized carbons (Fsp3) is 0.600. The topological polar surface area (TPSA) is 49.9 Å². The Morgan fingerprint density at radius 1 is 1.12 bits per heavy atom. The largest absolute Gasteiger partial charge is 0.356 e. The van der Waals surface area contributed by atoms with Crippen molar-refractivity contribution in [1.29, 1.82) is 0 Å². The summed E-state index contributed by atoms with van der Waals surface area (Å²) in [6.45, 7) is 8.12. The first-order valence-corrected chi connectivity index (χ1v) is 9.21. The highest BCUT2D eigenvalue weighted by atomic mass is 16.5. The van der Waals surface area contributed by atoms with Crippen LogP contribution in [0.3, 0.4) is 0 Å². The van der Waals surface area contributed by atoms with E-state index in [-0.39, 0.29) is 42.6 Å². The van der Waals surface area contributed by atoms with Gasteiger partial charge in [-0.25, -0.2) is 0 Å². The summed E-state index contributed by atoms with van der Waals surface area (Å²) in [6, 6.07) is 9.82. The summed E-state index contributed by atoms with van der Waals surface area (Å²) in [4.78, 5) is 29.6. The lowest BCUT2D eigenvalue weighted by Crippen LogP contribution is -2.58. The van der Waals surface area contributed by atoms with E-state index in [1.165, 1.54) is 0 Å². The molecule has 25 heavy (non-hydrogen) atoms. The Morgan fingerprint density at radius 3 is 2.28 bits per heavy atom. The highest BCUT2D eigenvalue weighted by molar-refractivity contribution is 5.87. The van der Waals surface area contributed by atoms with Gasteiger partial charge >= 0.3 is 0 Å². The predicted molar refractivity (Wildman–Crippen MR) is 95.9 cm³/mol. The normalized spacial score (nSPS) is 30.2. The number of hydrogen-bond donors (Lipinski definition) is 0. The van der Waals surface area contributed by atoms with Crippen LogP contribution in [0, 0.1) is 0 Å². The van der Waals surface area contributed by atoms with Crippen LogP contribution >= 0.6 is 0 Å². The molecule has 0 N–H and O–H groups in total. The molecule has 0 radical (unpaired) electrons. The zero-order chi connectivity index (χ0) is 18.1. The Kier molecular flexibility index (Phi) is 5.13. The molecule has 5 heteroatoms. The van der Waals surface area contributed by atoms with Crippen LogP contribution in [0.15, 0.2) is 30.3 Å². The molecule has 4 atom stereocenters. The van der Waals surface area contributed by atoms with E-state index >= 15 is 0 Å². The molecule has 2 heterocycles. The minimum Gasteiger partial charge on any atom is -0.356 e. The van der Waals surface area contributed by atoms with E-state index in [4.69, 9.17) is 4.74 Å². The van der Waals surface area contributed by atoms with E-state index in [9.17, 15) is 9.59 Å². The molecule has 2 aliphatic heterocycles. The van der Waals surface area contributed by atoms with Crippen LogP contribution in [-0.4, -0.2) is 52.5 Å². The maximum Gasteiger partial charge on any atom is 0.254 e. The number of likely N-dealkylation sites (tertiary alicyclic amines) is 1. The first kappa shape index (κ1) is 17.9. The lowest BCUT2D eigenvalue weighted by atomic mass is 9.95. The molecule has 0 bridgehead atoms. The fourth-order valence-electron chi connectivity index (χ4n) is 4.21. The van der Waals surface area contributed by atoms with Gasteiger partial charge in [-0.15, -0.1) is 0 Å². The predicted octanol–water partition coefficient (Wildman–Crippen LogP) is 2.76. The number of ether oxygens (including phenoxy) is 1. The van der Waals surface area contributed by atoms with Crippen LogP contribution in [0.2, 0.25) is 0 Å². The van der Waals surface area contributed by atoms with Gasteiger partial charge in [0.1, 0.15) is 6.61 Å². The van der Waals surface area contributed by atoms with Crippen LogP contribution in [0.25, 0.3) is 0 Å². The van der Waals surface area contributed by atoms with Gasteiger partial charge in [0.15, 0.2) is 6.10 Å². The molecule has 0 unspecified atom stereocenters. The van der Waals surface area contributed by atoms with E-state index in [0.29, 0.717) is 0 Å². The number of carbonyl (C=O) groups excluding carboxylic acids is 2. The lowest BCUT2D eigenvalue weighted by Gasteiger charge is -2.44. The Labute approximate surface area is 149 Å². The molecule has 2 saturated heterocycles. The van der Waals surface area contributed by atoms with Gasteiger partial charge in [0.2, 0.25) is 5.91 Å². The summed E-state index contributed by atoms with van der Waals surface area (Å²) in [5, 5.41) is 0. The van der Waals surface area contributed by atoms with Gasteiger partial charge in [-0.1, -0.05) is 30.3 Å². The highest BCUT2D eigenvalue weighted by Crippen LogP contribution is 2.35. The molecule has 5 nitrogen and oxygen atoms in total. The Hall–Kier alpha value is -1.88. The monoisotopic (exact) mass is 344 g/mol. The fourth-order valence-corrected chi connectivity index (χ4v) is 4.21. The average Bonchev–Trinajstić information content (AvgIpc) is 2.93. The average molecular weight is 344 g/mol. The summed E-state index contributed by atoms with van der Waals surface area (Å²) in [7, 11) is 0. The van der Waals surface area contributed by atoms with Gasteiger partial charge in [-0.3, -0.25) is 9.59 Å². The quantitative estimate of drug-likeness (QED) is 0.847. The molecule has 0 spiro atoms. The highest BCUT2D eigenvalue weighted by Gasteiger charge is 2.46. The van der Waals surface area contributed by atoms with Crippen molar-refractivity contribution in [2.75, 3.05) is 6.61 Å². The minimum atomic E-state index is -0.648. The summed E-state index contributed by atoms with van der Waals surface area (Å²) >= 11 is 0. The van der Waals surface area contributed by atoms with Crippen LogP contribution in [0.4, 0.5) is 0 Å².